The summed E-state index contributed by atoms with van der Waals surface area (Å²) < 4.78 is 31.0. The smallest absolute Gasteiger partial charge is 0.297 e. The largest absolute Gasteiger partial charge is 1.00 e. The SMILES string of the molecule is CCCCC(CC)([C-](C)C)S(=O)(=O)O.[Li+]. The molecule has 15 heavy (non-hydrogen) atoms. The molecule has 0 aliphatic rings. The van der Waals surface area contributed by atoms with E-state index in [-0.39, 0.29) is 18.9 Å². The predicted molar refractivity (Wildman–Crippen MR) is 58.7 cm³/mol. The van der Waals surface area contributed by atoms with Crippen molar-refractivity contribution in [3.63, 3.8) is 0 Å². The molecule has 0 rings (SSSR count). The fourth-order valence-corrected chi connectivity index (χ4v) is 3.09. The van der Waals surface area contributed by atoms with Crippen molar-refractivity contribution in [1.82, 2.24) is 0 Å². The van der Waals surface area contributed by atoms with E-state index in [1.807, 2.05) is 6.92 Å². The van der Waals surface area contributed by atoms with Crippen LogP contribution in [-0.4, -0.2) is 17.7 Å². The van der Waals surface area contributed by atoms with E-state index >= 15 is 0 Å². The quantitative estimate of drug-likeness (QED) is 0.390. The van der Waals surface area contributed by atoms with Gasteiger partial charge < -0.3 is 0 Å². The molecule has 0 fully saturated rings. The fourth-order valence-electron chi connectivity index (χ4n) is 1.81. The molecule has 0 aliphatic heterocycles. The summed E-state index contributed by atoms with van der Waals surface area (Å²) in [7, 11) is -3.99. The third-order valence-electron chi connectivity index (χ3n) is 2.91. The van der Waals surface area contributed by atoms with Gasteiger partial charge in [0.25, 0.3) is 0 Å². The molecule has 0 radical (unpaired) electrons. The zero-order chi connectivity index (χ0) is 11.4. The van der Waals surface area contributed by atoms with Crippen LogP contribution >= 0.6 is 0 Å². The van der Waals surface area contributed by atoms with Crippen LogP contribution in [0.3, 0.4) is 0 Å². The van der Waals surface area contributed by atoms with Gasteiger partial charge in [0, 0.05) is 0 Å². The molecule has 0 saturated carbocycles. The maximum Gasteiger partial charge on any atom is 1.00 e. The van der Waals surface area contributed by atoms with E-state index in [4.69, 9.17) is 0 Å². The zero-order valence-electron chi connectivity index (χ0n) is 10.5. The Kier molecular flexibility index (Phi) is 8.30. The molecular weight excluding hydrogens is 207 g/mol. The van der Waals surface area contributed by atoms with Crippen LogP contribution in [0.15, 0.2) is 0 Å². The van der Waals surface area contributed by atoms with E-state index in [2.05, 4.69) is 0 Å². The molecule has 1 unspecified atom stereocenters. The first-order valence-corrected chi connectivity index (χ1v) is 6.53. The first-order chi connectivity index (χ1) is 6.31. The summed E-state index contributed by atoms with van der Waals surface area (Å²) >= 11 is 0. The van der Waals surface area contributed by atoms with Gasteiger partial charge in [0.05, 0.1) is 0 Å². The van der Waals surface area contributed by atoms with Gasteiger partial charge in [-0.05, 0) is 4.75 Å². The number of rotatable bonds is 6. The monoisotopic (exact) mass is 228 g/mol. The molecule has 0 aromatic rings. The van der Waals surface area contributed by atoms with Gasteiger partial charge in [0.2, 0.25) is 10.1 Å². The number of hydrogen-bond acceptors (Lipinski definition) is 2. The average molecular weight is 228 g/mol. The summed E-state index contributed by atoms with van der Waals surface area (Å²) in [5, 5.41) is 0. The van der Waals surface area contributed by atoms with E-state index in [0.29, 0.717) is 12.8 Å². The molecule has 0 aromatic heterocycles. The molecule has 0 heterocycles. The van der Waals surface area contributed by atoms with Gasteiger partial charge in [-0.3, -0.25) is 10.5 Å². The Morgan fingerprint density at radius 3 is 1.93 bits per heavy atom. The van der Waals surface area contributed by atoms with Gasteiger partial charge >= 0.3 is 18.9 Å². The minimum absolute atomic E-state index is 0. The Morgan fingerprint density at radius 1 is 1.27 bits per heavy atom. The van der Waals surface area contributed by atoms with Crippen molar-refractivity contribution < 1.29 is 31.8 Å². The van der Waals surface area contributed by atoms with Gasteiger partial charge in [-0.1, -0.05) is 39.5 Å². The molecule has 3 nitrogen and oxygen atoms in total. The summed E-state index contributed by atoms with van der Waals surface area (Å²) in [6.45, 7) is 7.35. The van der Waals surface area contributed by atoms with E-state index in [0.717, 1.165) is 18.8 Å². The van der Waals surface area contributed by atoms with Crippen LogP contribution in [0.1, 0.15) is 53.4 Å². The minimum atomic E-state index is -3.99. The normalized spacial score (nSPS) is 15.9. The maximum atomic E-state index is 11.4. The Balaban J connectivity index is 0. The van der Waals surface area contributed by atoms with Gasteiger partial charge in [-0.25, -0.2) is 8.42 Å². The van der Waals surface area contributed by atoms with Gasteiger partial charge in [0.1, 0.15) is 0 Å². The molecule has 0 bridgehead atoms. The molecule has 5 heteroatoms. The van der Waals surface area contributed by atoms with Crippen molar-refractivity contribution in [1.29, 1.82) is 0 Å². The molecule has 0 amide bonds. The van der Waals surface area contributed by atoms with E-state index < -0.39 is 14.9 Å². The van der Waals surface area contributed by atoms with Crippen molar-refractivity contribution in [2.24, 2.45) is 0 Å². The topological polar surface area (TPSA) is 54.4 Å². The second-order valence-electron chi connectivity index (χ2n) is 3.93. The number of hydrogen-bond donors (Lipinski definition) is 1. The minimum Gasteiger partial charge on any atom is -0.297 e. The zero-order valence-corrected chi connectivity index (χ0v) is 11.3. The molecule has 1 N–H and O–H groups in total. The second kappa shape index (κ2) is 6.96. The Hall–Kier alpha value is 0.507. The average Bonchev–Trinajstić information content (AvgIpc) is 2.03. The summed E-state index contributed by atoms with van der Waals surface area (Å²) in [4.78, 5) is 0. The van der Waals surface area contributed by atoms with Crippen molar-refractivity contribution in [3.8, 4) is 0 Å². The summed E-state index contributed by atoms with van der Waals surface area (Å²) in [6, 6.07) is 0. The van der Waals surface area contributed by atoms with Crippen LogP contribution in [-0.2, 0) is 10.1 Å². The third kappa shape index (κ3) is 4.11. The summed E-state index contributed by atoms with van der Waals surface area (Å²) in [6.07, 6.45) is 2.71. The molecule has 0 spiro atoms. The molecule has 86 valence electrons. The van der Waals surface area contributed by atoms with E-state index in [1.165, 1.54) is 0 Å². The first kappa shape index (κ1) is 17.9. The number of unbranched alkanes of at least 4 members (excludes halogenated alkanes) is 1. The van der Waals surface area contributed by atoms with Crippen molar-refractivity contribution in [2.75, 3.05) is 0 Å². The van der Waals surface area contributed by atoms with Crippen LogP contribution < -0.4 is 18.9 Å². The molecule has 1 atom stereocenters. The van der Waals surface area contributed by atoms with Crippen molar-refractivity contribution in [3.05, 3.63) is 5.92 Å². The van der Waals surface area contributed by atoms with Crippen molar-refractivity contribution >= 4 is 10.1 Å². The molecular formula is C10H21LiO3S. The summed E-state index contributed by atoms with van der Waals surface area (Å²) in [5.41, 5.74) is 0. The predicted octanol–water partition coefficient (Wildman–Crippen LogP) is -0.169. The second-order valence-corrected chi connectivity index (χ2v) is 5.66. The van der Waals surface area contributed by atoms with Crippen LogP contribution in [0, 0.1) is 5.92 Å². The molecule has 0 aromatic carbocycles. The van der Waals surface area contributed by atoms with Gasteiger partial charge in [0.15, 0.2) is 0 Å². The maximum absolute atomic E-state index is 11.4. The third-order valence-corrected chi connectivity index (χ3v) is 4.80. The van der Waals surface area contributed by atoms with Gasteiger partial charge in [-0.15, -0.1) is 0 Å². The van der Waals surface area contributed by atoms with Crippen LogP contribution in [0.4, 0.5) is 0 Å². The standard InChI is InChI=1S/C10H21O3S.Li/c1-5-7-8-10(6-2,9(3)4)14(11,12)13;/h5-8H2,1-4H3,(H,11,12,13);/q-1;+1. The summed E-state index contributed by atoms with van der Waals surface area (Å²) in [5.74, 6) is 0.774. The Labute approximate surface area is 106 Å². The Bertz CT molecular complexity index is 262. The molecule has 0 aliphatic carbocycles. The van der Waals surface area contributed by atoms with Crippen LogP contribution in [0.25, 0.3) is 0 Å². The van der Waals surface area contributed by atoms with E-state index in [1.54, 1.807) is 20.8 Å². The fraction of sp³-hybridized carbons (Fsp3) is 0.900. The van der Waals surface area contributed by atoms with E-state index in [9.17, 15) is 13.0 Å². The van der Waals surface area contributed by atoms with Crippen LogP contribution in [0.5, 0.6) is 0 Å². The van der Waals surface area contributed by atoms with Crippen LogP contribution in [0.2, 0.25) is 0 Å². The Morgan fingerprint density at radius 2 is 1.73 bits per heavy atom. The molecule has 0 saturated heterocycles. The van der Waals surface area contributed by atoms with Crippen molar-refractivity contribution in [2.45, 2.75) is 58.1 Å². The van der Waals surface area contributed by atoms with Gasteiger partial charge in [-0.2, -0.15) is 13.8 Å². The first-order valence-electron chi connectivity index (χ1n) is 5.09.